The molecule has 3 aliphatic rings. The van der Waals surface area contributed by atoms with Crippen molar-refractivity contribution in [1.29, 1.82) is 0 Å². The topological polar surface area (TPSA) is 119 Å². The van der Waals surface area contributed by atoms with E-state index in [2.05, 4.69) is 15.5 Å². The number of likely N-dealkylation sites (tertiary alicyclic amines) is 1. The summed E-state index contributed by atoms with van der Waals surface area (Å²) in [6.07, 6.45) is 1.77. The van der Waals surface area contributed by atoms with Crippen molar-refractivity contribution in [2.75, 3.05) is 38.2 Å². The lowest BCUT2D eigenvalue weighted by Crippen LogP contribution is -2.48. The number of rotatable bonds is 10. The molecule has 0 aliphatic carbocycles. The van der Waals surface area contributed by atoms with Gasteiger partial charge in [0.25, 0.3) is 0 Å². The van der Waals surface area contributed by atoms with Crippen molar-refractivity contribution in [2.24, 2.45) is 0 Å². The Bertz CT molecular complexity index is 1450. The molecule has 4 atom stereocenters. The molecule has 3 aliphatic heterocycles. The minimum atomic E-state index is -0.660. The maximum absolute atomic E-state index is 13.0. The van der Waals surface area contributed by atoms with E-state index < -0.39 is 24.2 Å². The van der Waals surface area contributed by atoms with E-state index in [9.17, 15) is 14.7 Å². The number of ketones is 1. The first-order chi connectivity index (χ1) is 22.4. The molecule has 3 aromatic rings. The molecule has 0 aromatic heterocycles. The molecule has 4 unspecified atom stereocenters. The zero-order chi connectivity index (χ0) is 31.9. The van der Waals surface area contributed by atoms with Gasteiger partial charge < -0.3 is 39.6 Å². The number of benzene rings is 3. The van der Waals surface area contributed by atoms with Crippen LogP contribution in [-0.4, -0.2) is 72.6 Å². The van der Waals surface area contributed by atoms with Gasteiger partial charge >= 0.3 is 6.03 Å². The van der Waals surface area contributed by atoms with Crippen LogP contribution in [-0.2, 0) is 36.8 Å². The summed E-state index contributed by atoms with van der Waals surface area (Å²) >= 11 is 0. The molecule has 3 heterocycles. The van der Waals surface area contributed by atoms with Gasteiger partial charge in [-0.2, -0.15) is 0 Å². The van der Waals surface area contributed by atoms with E-state index in [0.29, 0.717) is 31.7 Å². The number of Topliss-reactive ketones (excluding diaryl/α,β-unsaturated/α-hetero) is 1. The Morgan fingerprint density at radius 2 is 1.65 bits per heavy atom. The summed E-state index contributed by atoms with van der Waals surface area (Å²) in [4.78, 5) is 27.7. The van der Waals surface area contributed by atoms with Crippen LogP contribution in [0.4, 0.5) is 10.5 Å². The smallest absolute Gasteiger partial charge is 0.319 e. The van der Waals surface area contributed by atoms with Gasteiger partial charge in [-0.3, -0.25) is 4.79 Å². The third kappa shape index (κ3) is 8.19. The fraction of sp³-hybridized carbons (Fsp3) is 0.444. The van der Waals surface area contributed by atoms with Crippen LogP contribution in [0, 0.1) is 0 Å². The number of nitrogens with one attached hydrogen (secondary N) is 2. The Labute approximate surface area is 270 Å². The van der Waals surface area contributed by atoms with Gasteiger partial charge in [-0.1, -0.05) is 66.7 Å². The van der Waals surface area contributed by atoms with Crippen LogP contribution in [0.3, 0.4) is 0 Å². The number of nitrogens with zero attached hydrogens (tertiary/aromatic N) is 1. The molecule has 3 N–H and O–H groups in total. The molecule has 46 heavy (non-hydrogen) atoms. The summed E-state index contributed by atoms with van der Waals surface area (Å²) in [7, 11) is 0. The molecule has 6 rings (SSSR count). The van der Waals surface area contributed by atoms with Crippen molar-refractivity contribution in [3.8, 4) is 0 Å². The molecule has 10 nitrogen and oxygen atoms in total. The minimum absolute atomic E-state index is 0.0170. The summed E-state index contributed by atoms with van der Waals surface area (Å²) in [5, 5.41) is 15.2. The summed E-state index contributed by atoms with van der Waals surface area (Å²) in [6.45, 7) is 5.24. The number of anilines is 1. The number of aliphatic hydroxyl groups excluding tert-OH is 1. The molecule has 244 valence electrons. The maximum Gasteiger partial charge on any atom is 0.319 e. The average molecular weight is 630 g/mol. The molecule has 10 heteroatoms. The second-order valence-electron chi connectivity index (χ2n) is 12.3. The molecular formula is C36H43N3O7. The lowest BCUT2D eigenvalue weighted by atomic mass is 9.98. The minimum Gasteiger partial charge on any atom is -0.392 e. The molecular weight excluding hydrogens is 586 g/mol. The Morgan fingerprint density at radius 1 is 0.913 bits per heavy atom. The number of ether oxygens (including phenoxy) is 4. The number of aliphatic hydroxyl groups is 1. The van der Waals surface area contributed by atoms with Gasteiger partial charge in [0, 0.05) is 50.1 Å². The van der Waals surface area contributed by atoms with Crippen LogP contribution in [0.5, 0.6) is 0 Å². The molecule has 3 saturated heterocycles. The first-order valence-corrected chi connectivity index (χ1v) is 16.1. The van der Waals surface area contributed by atoms with Crippen LogP contribution >= 0.6 is 0 Å². The predicted octanol–water partition coefficient (Wildman–Crippen LogP) is 4.89. The summed E-state index contributed by atoms with van der Waals surface area (Å²) in [5.74, 6) is -0.550. The van der Waals surface area contributed by atoms with Crippen LogP contribution in [0.15, 0.2) is 78.9 Å². The molecule has 1 spiro atoms. The second kappa shape index (κ2) is 14.8. The summed E-state index contributed by atoms with van der Waals surface area (Å²) in [6, 6.07) is 23.7. The number of urea groups is 1. The lowest BCUT2D eigenvalue weighted by molar-refractivity contribution is -0.255. The molecule has 0 radical (unpaired) electrons. The van der Waals surface area contributed by atoms with Crippen LogP contribution in [0.1, 0.15) is 60.8 Å². The Kier molecular flexibility index (Phi) is 10.4. The van der Waals surface area contributed by atoms with Crippen molar-refractivity contribution in [2.45, 2.75) is 69.5 Å². The number of piperidine rings is 1. The van der Waals surface area contributed by atoms with Gasteiger partial charge in [0.05, 0.1) is 38.1 Å². The normalized spacial score (nSPS) is 23.6. The van der Waals surface area contributed by atoms with Crippen molar-refractivity contribution in [1.82, 2.24) is 10.2 Å². The van der Waals surface area contributed by atoms with E-state index in [1.54, 1.807) is 6.07 Å². The highest BCUT2D eigenvalue weighted by Crippen LogP contribution is 2.39. The Hall–Kier alpha value is -3.64. The largest absolute Gasteiger partial charge is 0.392 e. The number of carbonyl (C=O) groups excluding carboxylic acids is 2. The number of amides is 2. The standard InChI is InChI=1S/C36H43N3O7/c1-25(41)32(20-26-6-3-2-4-7-26)38-35(42)37-30-9-5-8-29(21-30)34-45-31(22-33(46-34)28-12-10-27(24-40)11-13-28)23-39-16-14-36(15-17-39)43-18-19-44-36/h2-13,21,31-34,40H,14-20,22-24H2,1H3,(H2,37,38,42). The van der Waals surface area contributed by atoms with Gasteiger partial charge in [0.2, 0.25) is 0 Å². The van der Waals surface area contributed by atoms with Crippen molar-refractivity contribution < 1.29 is 33.6 Å². The SMILES string of the molecule is CC(=O)C(Cc1ccccc1)NC(=O)Nc1cccc(C2OC(CN3CCC4(CC3)OCCO4)CC(c3ccc(CO)cc3)O2)c1. The van der Waals surface area contributed by atoms with Crippen LogP contribution < -0.4 is 10.6 Å². The first-order valence-electron chi connectivity index (χ1n) is 16.1. The number of hydrogen-bond donors (Lipinski definition) is 3. The monoisotopic (exact) mass is 629 g/mol. The van der Waals surface area contributed by atoms with Gasteiger partial charge in [0.15, 0.2) is 17.9 Å². The average Bonchev–Trinajstić information content (AvgIpc) is 3.54. The fourth-order valence-corrected chi connectivity index (χ4v) is 6.42. The molecule has 0 bridgehead atoms. The number of carbonyl (C=O) groups is 2. The van der Waals surface area contributed by atoms with Crippen molar-refractivity contribution in [3.63, 3.8) is 0 Å². The Morgan fingerprint density at radius 3 is 2.35 bits per heavy atom. The van der Waals surface area contributed by atoms with Crippen LogP contribution in [0.2, 0.25) is 0 Å². The van der Waals surface area contributed by atoms with Crippen molar-refractivity contribution >= 4 is 17.5 Å². The molecule has 0 saturated carbocycles. The predicted molar refractivity (Wildman–Crippen MR) is 172 cm³/mol. The number of hydrogen-bond acceptors (Lipinski definition) is 8. The van der Waals surface area contributed by atoms with E-state index in [1.165, 1.54) is 6.92 Å². The third-order valence-corrected chi connectivity index (χ3v) is 9.00. The van der Waals surface area contributed by atoms with Gasteiger partial charge in [0.1, 0.15) is 0 Å². The lowest BCUT2D eigenvalue weighted by Gasteiger charge is -2.41. The third-order valence-electron chi connectivity index (χ3n) is 9.00. The summed E-state index contributed by atoms with van der Waals surface area (Å²) < 4.78 is 24.9. The maximum atomic E-state index is 13.0. The van der Waals surface area contributed by atoms with E-state index in [4.69, 9.17) is 18.9 Å². The zero-order valence-corrected chi connectivity index (χ0v) is 26.2. The van der Waals surface area contributed by atoms with Gasteiger partial charge in [-0.05, 0) is 42.2 Å². The highest BCUT2D eigenvalue weighted by Gasteiger charge is 2.41. The molecule has 3 fully saturated rings. The van der Waals surface area contributed by atoms with E-state index in [-0.39, 0.29) is 24.6 Å². The summed E-state index contributed by atoms with van der Waals surface area (Å²) in [5.41, 5.74) is 4.17. The van der Waals surface area contributed by atoms with E-state index in [0.717, 1.165) is 54.7 Å². The quantitative estimate of drug-likeness (QED) is 0.290. The van der Waals surface area contributed by atoms with E-state index in [1.807, 2.05) is 72.8 Å². The Balaban J connectivity index is 1.14. The van der Waals surface area contributed by atoms with Crippen LogP contribution in [0.25, 0.3) is 0 Å². The zero-order valence-electron chi connectivity index (χ0n) is 26.2. The highest BCUT2D eigenvalue weighted by molar-refractivity contribution is 5.93. The van der Waals surface area contributed by atoms with Gasteiger partial charge in [-0.25, -0.2) is 4.79 Å². The fourth-order valence-electron chi connectivity index (χ4n) is 6.42. The molecule has 2 amide bonds. The van der Waals surface area contributed by atoms with Gasteiger partial charge in [-0.15, -0.1) is 0 Å². The second-order valence-corrected chi connectivity index (χ2v) is 12.3. The van der Waals surface area contributed by atoms with E-state index >= 15 is 0 Å². The molecule has 3 aromatic carbocycles. The first kappa shape index (κ1) is 32.3. The highest BCUT2D eigenvalue weighted by atomic mass is 16.7. The van der Waals surface area contributed by atoms with Crippen molar-refractivity contribution in [3.05, 3.63) is 101 Å².